The third-order valence-corrected chi connectivity index (χ3v) is 4.30. The Bertz CT molecular complexity index is 819. The summed E-state index contributed by atoms with van der Waals surface area (Å²) in [5.41, 5.74) is 1.94. The quantitative estimate of drug-likeness (QED) is 0.727. The number of carbonyl (C=O) groups is 2. The van der Waals surface area contributed by atoms with Gasteiger partial charge >= 0.3 is 6.18 Å². The number of methoxy groups -OCH3 is 1. The fraction of sp³-hybridized carbons (Fsp3) is 0.333. The zero-order valence-corrected chi connectivity index (χ0v) is 16.3. The van der Waals surface area contributed by atoms with Crippen molar-refractivity contribution in [3.05, 3.63) is 65.2 Å². The van der Waals surface area contributed by atoms with Gasteiger partial charge in [-0.15, -0.1) is 0 Å². The molecule has 0 radical (unpaired) electrons. The van der Waals surface area contributed by atoms with Crippen LogP contribution >= 0.6 is 0 Å². The zero-order valence-electron chi connectivity index (χ0n) is 16.3. The summed E-state index contributed by atoms with van der Waals surface area (Å²) < 4.78 is 41.6. The number of hydrogen-bond donors (Lipinski definition) is 1. The van der Waals surface area contributed by atoms with Crippen molar-refractivity contribution in [3.63, 3.8) is 0 Å². The van der Waals surface area contributed by atoms with E-state index in [-0.39, 0.29) is 11.5 Å². The minimum Gasteiger partial charge on any atom is -0.497 e. The van der Waals surface area contributed by atoms with Gasteiger partial charge in [0.1, 0.15) is 12.3 Å². The SMILES string of the molecule is COc1ccc(CCC(=O)N(C)Cc2ccc(C(=O)NCC(F)(F)F)cc2)cc1. The van der Waals surface area contributed by atoms with Crippen LogP contribution in [0.25, 0.3) is 0 Å². The first kappa shape index (κ1) is 22.3. The van der Waals surface area contributed by atoms with Gasteiger partial charge in [0.25, 0.3) is 5.91 Å². The standard InChI is InChI=1S/C21H23F3N2O3/c1-26(19(27)12-7-15-5-10-18(29-2)11-6-15)13-16-3-8-17(9-4-16)20(28)25-14-21(22,23)24/h3-6,8-11H,7,12-14H2,1-2H3,(H,25,28). The molecule has 0 aliphatic heterocycles. The molecule has 0 heterocycles. The molecular weight excluding hydrogens is 385 g/mol. The van der Waals surface area contributed by atoms with E-state index in [0.29, 0.717) is 19.4 Å². The summed E-state index contributed by atoms with van der Waals surface area (Å²) in [7, 11) is 3.27. The second-order valence-electron chi connectivity index (χ2n) is 6.59. The molecule has 156 valence electrons. The van der Waals surface area contributed by atoms with E-state index < -0.39 is 18.6 Å². The molecule has 2 aromatic carbocycles. The highest BCUT2D eigenvalue weighted by Gasteiger charge is 2.27. The van der Waals surface area contributed by atoms with Crippen molar-refractivity contribution in [2.24, 2.45) is 0 Å². The van der Waals surface area contributed by atoms with Gasteiger partial charge in [0.05, 0.1) is 7.11 Å². The number of ether oxygens (including phenoxy) is 1. The minimum absolute atomic E-state index is 0.0344. The van der Waals surface area contributed by atoms with Crippen molar-refractivity contribution >= 4 is 11.8 Å². The Morgan fingerprint density at radius 2 is 1.59 bits per heavy atom. The van der Waals surface area contributed by atoms with Crippen LogP contribution in [0.2, 0.25) is 0 Å². The van der Waals surface area contributed by atoms with Gasteiger partial charge in [-0.2, -0.15) is 13.2 Å². The monoisotopic (exact) mass is 408 g/mol. The van der Waals surface area contributed by atoms with Gasteiger partial charge < -0.3 is 15.0 Å². The average Bonchev–Trinajstić information content (AvgIpc) is 2.70. The van der Waals surface area contributed by atoms with Crippen LogP contribution in [0.15, 0.2) is 48.5 Å². The molecular formula is C21H23F3N2O3. The van der Waals surface area contributed by atoms with Crippen LogP contribution in [0.3, 0.4) is 0 Å². The van der Waals surface area contributed by atoms with Crippen molar-refractivity contribution in [3.8, 4) is 5.75 Å². The predicted octanol–water partition coefficient (Wildman–Crippen LogP) is 3.58. The van der Waals surface area contributed by atoms with Crippen molar-refractivity contribution in [1.82, 2.24) is 10.2 Å². The van der Waals surface area contributed by atoms with Crippen molar-refractivity contribution in [2.75, 3.05) is 20.7 Å². The summed E-state index contributed by atoms with van der Waals surface area (Å²) >= 11 is 0. The molecule has 1 N–H and O–H groups in total. The summed E-state index contributed by atoms with van der Waals surface area (Å²) in [6, 6.07) is 13.6. The van der Waals surface area contributed by atoms with Crippen molar-refractivity contribution in [1.29, 1.82) is 0 Å². The van der Waals surface area contributed by atoms with E-state index in [1.807, 2.05) is 29.6 Å². The van der Waals surface area contributed by atoms with Crippen LogP contribution in [-0.2, 0) is 17.8 Å². The molecule has 2 rings (SSSR count). The smallest absolute Gasteiger partial charge is 0.405 e. The van der Waals surface area contributed by atoms with Gasteiger partial charge in [-0.1, -0.05) is 24.3 Å². The Hall–Kier alpha value is -3.03. The van der Waals surface area contributed by atoms with Gasteiger partial charge in [0, 0.05) is 25.6 Å². The fourth-order valence-electron chi connectivity index (χ4n) is 2.64. The molecule has 2 amide bonds. The number of rotatable bonds is 8. The van der Waals surface area contributed by atoms with Gasteiger partial charge in [-0.05, 0) is 41.8 Å². The maximum atomic E-state index is 12.3. The number of hydrogen-bond acceptors (Lipinski definition) is 3. The summed E-state index contributed by atoms with van der Waals surface area (Å²) in [6.07, 6.45) is -3.50. The molecule has 0 fully saturated rings. The maximum Gasteiger partial charge on any atom is 0.405 e. The highest BCUT2D eigenvalue weighted by molar-refractivity contribution is 5.94. The highest BCUT2D eigenvalue weighted by Crippen LogP contribution is 2.15. The summed E-state index contributed by atoms with van der Waals surface area (Å²) in [5.74, 6) is -0.0710. The lowest BCUT2D eigenvalue weighted by molar-refractivity contribution is -0.130. The normalized spacial score (nSPS) is 11.1. The van der Waals surface area contributed by atoms with E-state index in [0.717, 1.165) is 16.9 Å². The molecule has 0 aliphatic rings. The molecule has 0 aromatic heterocycles. The van der Waals surface area contributed by atoms with E-state index >= 15 is 0 Å². The first-order valence-corrected chi connectivity index (χ1v) is 8.99. The molecule has 0 spiro atoms. The van der Waals surface area contributed by atoms with E-state index in [1.165, 1.54) is 12.1 Å². The molecule has 0 saturated carbocycles. The Kier molecular flexibility index (Phi) is 7.64. The average molecular weight is 408 g/mol. The molecule has 0 aliphatic carbocycles. The van der Waals surface area contributed by atoms with E-state index in [1.54, 1.807) is 31.2 Å². The minimum atomic E-state index is -4.45. The van der Waals surface area contributed by atoms with Gasteiger partial charge in [-0.3, -0.25) is 9.59 Å². The number of nitrogens with zero attached hydrogens (tertiary/aromatic N) is 1. The molecule has 0 atom stereocenters. The number of benzene rings is 2. The topological polar surface area (TPSA) is 58.6 Å². The highest BCUT2D eigenvalue weighted by atomic mass is 19.4. The lowest BCUT2D eigenvalue weighted by atomic mass is 10.1. The molecule has 29 heavy (non-hydrogen) atoms. The number of amides is 2. The third-order valence-electron chi connectivity index (χ3n) is 4.30. The fourth-order valence-corrected chi connectivity index (χ4v) is 2.64. The predicted molar refractivity (Wildman–Crippen MR) is 103 cm³/mol. The molecule has 0 bridgehead atoms. The van der Waals surface area contributed by atoms with E-state index in [9.17, 15) is 22.8 Å². The Morgan fingerprint density at radius 1 is 1.00 bits per heavy atom. The van der Waals surface area contributed by atoms with E-state index in [2.05, 4.69) is 0 Å². The van der Waals surface area contributed by atoms with E-state index in [4.69, 9.17) is 4.74 Å². The number of aryl methyl sites for hydroxylation is 1. The Balaban J connectivity index is 1.83. The second kappa shape index (κ2) is 9.95. The first-order chi connectivity index (χ1) is 13.7. The van der Waals surface area contributed by atoms with Crippen LogP contribution in [-0.4, -0.2) is 43.6 Å². The van der Waals surface area contributed by atoms with Crippen LogP contribution in [0, 0.1) is 0 Å². The van der Waals surface area contributed by atoms with Gasteiger partial charge in [0.15, 0.2) is 0 Å². The summed E-state index contributed by atoms with van der Waals surface area (Å²) in [4.78, 5) is 25.6. The maximum absolute atomic E-state index is 12.3. The molecule has 8 heteroatoms. The van der Waals surface area contributed by atoms with Gasteiger partial charge in [0.2, 0.25) is 5.91 Å². The largest absolute Gasteiger partial charge is 0.497 e. The van der Waals surface area contributed by atoms with Crippen LogP contribution < -0.4 is 10.1 Å². The summed E-state index contributed by atoms with van der Waals surface area (Å²) in [5, 5.41) is 1.82. The lowest BCUT2D eigenvalue weighted by Gasteiger charge is -2.17. The Labute approximate surface area is 167 Å². The number of halogens is 3. The van der Waals surface area contributed by atoms with Crippen LogP contribution in [0.1, 0.15) is 27.9 Å². The number of nitrogens with one attached hydrogen (secondary N) is 1. The first-order valence-electron chi connectivity index (χ1n) is 8.99. The number of carbonyl (C=O) groups excluding carboxylic acids is 2. The van der Waals surface area contributed by atoms with Gasteiger partial charge in [-0.25, -0.2) is 0 Å². The lowest BCUT2D eigenvalue weighted by Crippen LogP contribution is -2.33. The second-order valence-corrected chi connectivity index (χ2v) is 6.59. The molecule has 2 aromatic rings. The number of alkyl halides is 3. The van der Waals surface area contributed by atoms with Crippen molar-refractivity contribution in [2.45, 2.75) is 25.6 Å². The van der Waals surface area contributed by atoms with Crippen molar-refractivity contribution < 1.29 is 27.5 Å². The zero-order chi connectivity index (χ0) is 21.4. The van der Waals surface area contributed by atoms with Crippen LogP contribution in [0.5, 0.6) is 5.75 Å². The Morgan fingerprint density at radius 3 is 2.14 bits per heavy atom. The summed E-state index contributed by atoms with van der Waals surface area (Å²) in [6.45, 7) is -1.04. The molecule has 5 nitrogen and oxygen atoms in total. The third kappa shape index (κ3) is 7.48. The molecule has 0 saturated heterocycles. The molecule has 0 unspecified atom stereocenters. The van der Waals surface area contributed by atoms with Crippen LogP contribution in [0.4, 0.5) is 13.2 Å².